The van der Waals surface area contributed by atoms with Crippen LogP contribution in [0.5, 0.6) is 0 Å². The zero-order valence-electron chi connectivity index (χ0n) is 14.2. The lowest BCUT2D eigenvalue weighted by Crippen LogP contribution is -2.28. The predicted octanol–water partition coefficient (Wildman–Crippen LogP) is 3.91. The standard InChI is InChI=1S/C17H33N3/c1-13(2)9-16(12-18-11-14(3)4)10-17-7-8-20(19-17)15(5)6/h7-8,13-16,18H,9-12H2,1-6H3. The van der Waals surface area contributed by atoms with Gasteiger partial charge >= 0.3 is 0 Å². The topological polar surface area (TPSA) is 29.9 Å². The van der Waals surface area contributed by atoms with Crippen molar-refractivity contribution in [3.05, 3.63) is 18.0 Å². The Kier molecular flexibility index (Phi) is 7.28. The molecule has 1 heterocycles. The first-order valence-electron chi connectivity index (χ1n) is 8.13. The lowest BCUT2D eigenvalue weighted by Gasteiger charge is -2.19. The van der Waals surface area contributed by atoms with E-state index in [2.05, 4.69) is 68.9 Å². The molecule has 1 aromatic heterocycles. The van der Waals surface area contributed by atoms with E-state index in [4.69, 9.17) is 0 Å². The lowest BCUT2D eigenvalue weighted by molar-refractivity contribution is 0.372. The van der Waals surface area contributed by atoms with Crippen molar-refractivity contribution in [3.8, 4) is 0 Å². The highest BCUT2D eigenvalue weighted by Gasteiger charge is 2.14. The van der Waals surface area contributed by atoms with Crippen LogP contribution in [0.4, 0.5) is 0 Å². The van der Waals surface area contributed by atoms with Crippen molar-refractivity contribution in [1.29, 1.82) is 0 Å². The summed E-state index contributed by atoms with van der Waals surface area (Å²) in [6.45, 7) is 15.7. The Morgan fingerprint density at radius 3 is 2.25 bits per heavy atom. The minimum Gasteiger partial charge on any atom is -0.316 e. The molecule has 3 nitrogen and oxygen atoms in total. The van der Waals surface area contributed by atoms with E-state index in [-0.39, 0.29) is 0 Å². The van der Waals surface area contributed by atoms with E-state index in [1.807, 2.05) is 0 Å². The van der Waals surface area contributed by atoms with E-state index < -0.39 is 0 Å². The number of aromatic nitrogens is 2. The normalized spacial score (nSPS) is 13.7. The molecule has 3 heteroatoms. The third-order valence-electron chi connectivity index (χ3n) is 3.48. The fourth-order valence-corrected chi connectivity index (χ4v) is 2.55. The molecule has 0 spiro atoms. The Hall–Kier alpha value is -0.830. The molecule has 0 aliphatic heterocycles. The van der Waals surface area contributed by atoms with Gasteiger partial charge in [0.15, 0.2) is 0 Å². The second-order valence-corrected chi connectivity index (χ2v) is 7.13. The van der Waals surface area contributed by atoms with Gasteiger partial charge in [0.25, 0.3) is 0 Å². The Morgan fingerprint density at radius 1 is 1.05 bits per heavy atom. The van der Waals surface area contributed by atoms with Gasteiger partial charge in [-0.15, -0.1) is 0 Å². The minimum atomic E-state index is 0.450. The summed E-state index contributed by atoms with van der Waals surface area (Å²) in [6, 6.07) is 2.63. The van der Waals surface area contributed by atoms with Crippen LogP contribution in [-0.4, -0.2) is 22.9 Å². The lowest BCUT2D eigenvalue weighted by atomic mass is 9.92. The van der Waals surface area contributed by atoms with Crippen LogP contribution in [-0.2, 0) is 6.42 Å². The quantitative estimate of drug-likeness (QED) is 0.742. The van der Waals surface area contributed by atoms with E-state index in [1.54, 1.807) is 0 Å². The third-order valence-corrected chi connectivity index (χ3v) is 3.48. The van der Waals surface area contributed by atoms with Crippen LogP contribution in [0.2, 0.25) is 0 Å². The molecule has 20 heavy (non-hydrogen) atoms. The second-order valence-electron chi connectivity index (χ2n) is 7.13. The Morgan fingerprint density at radius 2 is 1.75 bits per heavy atom. The molecule has 116 valence electrons. The van der Waals surface area contributed by atoms with Gasteiger partial charge in [0.05, 0.1) is 5.69 Å². The average molecular weight is 279 g/mol. The number of nitrogens with zero attached hydrogens (tertiary/aromatic N) is 2. The molecular weight excluding hydrogens is 246 g/mol. The summed E-state index contributed by atoms with van der Waals surface area (Å²) in [6.07, 6.45) is 4.45. The number of rotatable bonds is 9. The van der Waals surface area contributed by atoms with Crippen LogP contribution in [0.3, 0.4) is 0 Å². The molecule has 1 rings (SSSR count). The van der Waals surface area contributed by atoms with Gasteiger partial charge in [0.2, 0.25) is 0 Å². The summed E-state index contributed by atoms with van der Waals surface area (Å²) >= 11 is 0. The minimum absolute atomic E-state index is 0.450. The van der Waals surface area contributed by atoms with Crippen molar-refractivity contribution in [1.82, 2.24) is 15.1 Å². The predicted molar refractivity (Wildman–Crippen MR) is 87.0 cm³/mol. The van der Waals surface area contributed by atoms with Crippen LogP contribution in [0.15, 0.2) is 12.3 Å². The Bertz CT molecular complexity index is 366. The molecule has 1 atom stereocenters. The van der Waals surface area contributed by atoms with Crippen molar-refractivity contribution >= 4 is 0 Å². The fraction of sp³-hybridized carbons (Fsp3) is 0.824. The Balaban J connectivity index is 2.53. The monoisotopic (exact) mass is 279 g/mol. The van der Waals surface area contributed by atoms with Gasteiger partial charge < -0.3 is 5.32 Å². The van der Waals surface area contributed by atoms with Crippen molar-refractivity contribution in [2.45, 2.75) is 60.4 Å². The molecule has 0 aliphatic rings. The molecule has 1 unspecified atom stereocenters. The second kappa shape index (κ2) is 8.46. The molecule has 0 amide bonds. The van der Waals surface area contributed by atoms with Crippen LogP contribution in [0, 0.1) is 17.8 Å². The SMILES string of the molecule is CC(C)CNCC(Cc1ccn(C(C)C)n1)CC(C)C. The maximum absolute atomic E-state index is 4.69. The molecule has 0 bridgehead atoms. The van der Waals surface area contributed by atoms with E-state index >= 15 is 0 Å². The van der Waals surface area contributed by atoms with Crippen molar-refractivity contribution in [3.63, 3.8) is 0 Å². The molecule has 1 N–H and O–H groups in total. The summed E-state index contributed by atoms with van der Waals surface area (Å²) in [5.41, 5.74) is 1.23. The van der Waals surface area contributed by atoms with Crippen molar-refractivity contribution < 1.29 is 0 Å². The fourth-order valence-electron chi connectivity index (χ4n) is 2.55. The maximum Gasteiger partial charge on any atom is 0.0627 e. The molecule has 0 aliphatic carbocycles. The summed E-state index contributed by atoms with van der Waals surface area (Å²) in [5.74, 6) is 2.15. The summed E-state index contributed by atoms with van der Waals surface area (Å²) < 4.78 is 2.06. The molecule has 0 radical (unpaired) electrons. The summed E-state index contributed by atoms with van der Waals surface area (Å²) in [7, 11) is 0. The van der Waals surface area contributed by atoms with Gasteiger partial charge in [0.1, 0.15) is 0 Å². The van der Waals surface area contributed by atoms with E-state index in [0.717, 1.165) is 31.3 Å². The van der Waals surface area contributed by atoms with Gasteiger partial charge in [0, 0.05) is 12.2 Å². The zero-order valence-corrected chi connectivity index (χ0v) is 14.2. The highest BCUT2D eigenvalue weighted by Crippen LogP contribution is 2.17. The first kappa shape index (κ1) is 17.2. The van der Waals surface area contributed by atoms with Gasteiger partial charge in [-0.05, 0) is 63.6 Å². The number of hydrogen-bond donors (Lipinski definition) is 1. The van der Waals surface area contributed by atoms with Crippen LogP contribution >= 0.6 is 0 Å². The van der Waals surface area contributed by atoms with E-state index in [9.17, 15) is 0 Å². The molecular formula is C17H33N3. The van der Waals surface area contributed by atoms with Crippen molar-refractivity contribution in [2.75, 3.05) is 13.1 Å². The molecule has 0 saturated carbocycles. The summed E-state index contributed by atoms with van der Waals surface area (Å²) in [5, 5.41) is 8.29. The number of hydrogen-bond acceptors (Lipinski definition) is 2. The average Bonchev–Trinajstić information content (AvgIpc) is 2.76. The van der Waals surface area contributed by atoms with Gasteiger partial charge in [-0.2, -0.15) is 5.10 Å². The molecule has 1 aromatic rings. The van der Waals surface area contributed by atoms with Gasteiger partial charge in [-0.25, -0.2) is 0 Å². The number of nitrogens with one attached hydrogen (secondary N) is 1. The Labute approximate surface area is 125 Å². The largest absolute Gasteiger partial charge is 0.316 e. The molecule has 0 fully saturated rings. The molecule has 0 aromatic carbocycles. The smallest absolute Gasteiger partial charge is 0.0627 e. The first-order valence-corrected chi connectivity index (χ1v) is 8.13. The molecule has 0 saturated heterocycles. The van der Waals surface area contributed by atoms with Crippen molar-refractivity contribution in [2.24, 2.45) is 17.8 Å². The third kappa shape index (κ3) is 6.56. The van der Waals surface area contributed by atoms with Crippen LogP contribution in [0.25, 0.3) is 0 Å². The zero-order chi connectivity index (χ0) is 15.1. The first-order chi connectivity index (χ1) is 9.38. The maximum atomic E-state index is 4.69. The van der Waals surface area contributed by atoms with Crippen LogP contribution < -0.4 is 5.32 Å². The van der Waals surface area contributed by atoms with Crippen LogP contribution in [0.1, 0.15) is 59.7 Å². The van der Waals surface area contributed by atoms with Gasteiger partial charge in [-0.3, -0.25) is 4.68 Å². The highest BCUT2D eigenvalue weighted by molar-refractivity contribution is 5.01. The highest BCUT2D eigenvalue weighted by atomic mass is 15.3. The van der Waals surface area contributed by atoms with Gasteiger partial charge in [-0.1, -0.05) is 27.7 Å². The van der Waals surface area contributed by atoms with E-state index in [0.29, 0.717) is 12.0 Å². The van der Waals surface area contributed by atoms with E-state index in [1.165, 1.54) is 12.1 Å². The summed E-state index contributed by atoms with van der Waals surface area (Å²) in [4.78, 5) is 0.